The van der Waals surface area contributed by atoms with Gasteiger partial charge in [0.05, 0.1) is 28.4 Å². The summed E-state index contributed by atoms with van der Waals surface area (Å²) < 4.78 is 39.4. The third-order valence-electron chi connectivity index (χ3n) is 4.85. The van der Waals surface area contributed by atoms with Crippen LogP contribution in [0.1, 0.15) is 11.1 Å². The van der Waals surface area contributed by atoms with Crippen molar-refractivity contribution in [2.45, 2.75) is 13.1 Å². The summed E-state index contributed by atoms with van der Waals surface area (Å²) in [6, 6.07) is 15.5. The van der Waals surface area contributed by atoms with E-state index in [0.29, 0.717) is 19.0 Å². The molecular formula is C24H28FN3O5. The van der Waals surface area contributed by atoms with Gasteiger partial charge in [-0.2, -0.15) is 9.97 Å². The lowest BCUT2D eigenvalue weighted by Gasteiger charge is -2.24. The van der Waals surface area contributed by atoms with Crippen LogP contribution < -0.4 is 28.6 Å². The van der Waals surface area contributed by atoms with Crippen LogP contribution in [0.3, 0.4) is 0 Å². The van der Waals surface area contributed by atoms with E-state index in [1.165, 1.54) is 14.2 Å². The number of benzene rings is 2. The smallest absolute Gasteiger partial charge is 0.265 e. The molecular weight excluding hydrogens is 429 g/mol. The van der Waals surface area contributed by atoms with Crippen molar-refractivity contribution in [1.82, 2.24) is 9.97 Å². The van der Waals surface area contributed by atoms with Crippen molar-refractivity contribution in [2.75, 3.05) is 46.6 Å². The van der Waals surface area contributed by atoms with E-state index in [2.05, 4.69) is 9.97 Å². The molecule has 0 aliphatic rings. The summed E-state index contributed by atoms with van der Waals surface area (Å²) in [6.45, 7) is 0.200. The van der Waals surface area contributed by atoms with Crippen LogP contribution in [-0.2, 0) is 13.1 Å². The number of methoxy groups -OCH3 is 4. The zero-order chi connectivity index (χ0) is 23.6. The standard InChI is InChI=1S/C24H28FN3O5/c1-29-19-9-5-17(6-10-19)15-28(16-18-7-11-20(30-2)12-8-18)24-26-22(31-3)21(33-14-13-25)23(27-24)32-4/h5-12H,13-16H2,1-4H3. The molecule has 176 valence electrons. The first kappa shape index (κ1) is 23.9. The number of hydrogen-bond acceptors (Lipinski definition) is 8. The first-order valence-electron chi connectivity index (χ1n) is 10.3. The number of aromatic nitrogens is 2. The highest BCUT2D eigenvalue weighted by Gasteiger charge is 2.22. The fraction of sp³-hybridized carbons (Fsp3) is 0.333. The van der Waals surface area contributed by atoms with Crippen molar-refractivity contribution in [2.24, 2.45) is 0 Å². The van der Waals surface area contributed by atoms with Gasteiger partial charge >= 0.3 is 0 Å². The minimum Gasteiger partial charge on any atom is -0.497 e. The molecule has 0 saturated heterocycles. The number of hydrogen-bond donors (Lipinski definition) is 0. The van der Waals surface area contributed by atoms with E-state index in [4.69, 9.17) is 23.7 Å². The summed E-state index contributed by atoms with van der Waals surface area (Å²) in [5, 5.41) is 0. The van der Waals surface area contributed by atoms with E-state index in [1.807, 2.05) is 53.4 Å². The van der Waals surface area contributed by atoms with E-state index in [-0.39, 0.29) is 24.1 Å². The summed E-state index contributed by atoms with van der Waals surface area (Å²) in [5.74, 6) is 2.42. The van der Waals surface area contributed by atoms with Crippen molar-refractivity contribution >= 4 is 5.95 Å². The number of halogens is 1. The second-order valence-corrected chi connectivity index (χ2v) is 6.96. The fourth-order valence-corrected chi connectivity index (χ4v) is 3.18. The van der Waals surface area contributed by atoms with Gasteiger partial charge in [-0.3, -0.25) is 0 Å². The predicted molar refractivity (Wildman–Crippen MR) is 122 cm³/mol. The maximum Gasteiger partial charge on any atom is 0.265 e. The number of rotatable bonds is 12. The molecule has 2 aromatic carbocycles. The van der Waals surface area contributed by atoms with Crippen LogP contribution in [0.25, 0.3) is 0 Å². The third-order valence-corrected chi connectivity index (χ3v) is 4.85. The highest BCUT2D eigenvalue weighted by atomic mass is 19.1. The number of anilines is 1. The zero-order valence-corrected chi connectivity index (χ0v) is 19.2. The molecule has 3 rings (SSSR count). The highest BCUT2D eigenvalue weighted by Crippen LogP contribution is 2.36. The molecule has 33 heavy (non-hydrogen) atoms. The van der Waals surface area contributed by atoms with Crippen LogP contribution in [0.5, 0.6) is 29.0 Å². The van der Waals surface area contributed by atoms with Gasteiger partial charge in [0.1, 0.15) is 24.8 Å². The minimum atomic E-state index is -0.658. The Labute approximate surface area is 192 Å². The molecule has 0 radical (unpaired) electrons. The van der Waals surface area contributed by atoms with Crippen molar-refractivity contribution < 1.29 is 28.1 Å². The lowest BCUT2D eigenvalue weighted by Crippen LogP contribution is -2.25. The van der Waals surface area contributed by atoms with E-state index in [0.717, 1.165) is 22.6 Å². The molecule has 1 aromatic heterocycles. The van der Waals surface area contributed by atoms with E-state index in [1.54, 1.807) is 14.2 Å². The number of nitrogens with zero attached hydrogens (tertiary/aromatic N) is 3. The summed E-state index contributed by atoms with van der Waals surface area (Å²) >= 11 is 0. The monoisotopic (exact) mass is 457 g/mol. The zero-order valence-electron chi connectivity index (χ0n) is 19.2. The Morgan fingerprint density at radius 3 is 1.52 bits per heavy atom. The van der Waals surface area contributed by atoms with Gasteiger partial charge in [-0.15, -0.1) is 0 Å². The van der Waals surface area contributed by atoms with E-state index >= 15 is 0 Å². The topological polar surface area (TPSA) is 75.2 Å². The molecule has 8 nitrogen and oxygen atoms in total. The summed E-state index contributed by atoms with van der Waals surface area (Å²) in [6.07, 6.45) is 0. The Balaban J connectivity index is 1.98. The van der Waals surface area contributed by atoms with Crippen LogP contribution in [0.4, 0.5) is 10.3 Å². The first-order valence-corrected chi connectivity index (χ1v) is 10.3. The van der Waals surface area contributed by atoms with Crippen molar-refractivity contribution in [3.63, 3.8) is 0 Å². The van der Waals surface area contributed by atoms with Gasteiger partial charge in [0.25, 0.3) is 11.8 Å². The molecule has 1 heterocycles. The van der Waals surface area contributed by atoms with Crippen molar-refractivity contribution in [1.29, 1.82) is 0 Å². The molecule has 0 bridgehead atoms. The molecule has 0 unspecified atom stereocenters. The van der Waals surface area contributed by atoms with Crippen LogP contribution >= 0.6 is 0 Å². The molecule has 0 aliphatic carbocycles. The number of ether oxygens (including phenoxy) is 5. The Bertz CT molecular complexity index is 941. The van der Waals surface area contributed by atoms with Crippen LogP contribution in [-0.4, -0.2) is 51.7 Å². The lowest BCUT2D eigenvalue weighted by molar-refractivity contribution is 0.240. The van der Waals surface area contributed by atoms with Crippen LogP contribution in [0.15, 0.2) is 48.5 Å². The molecule has 0 saturated carbocycles. The molecule has 0 fully saturated rings. The Morgan fingerprint density at radius 2 is 1.15 bits per heavy atom. The molecule has 0 atom stereocenters. The summed E-state index contributed by atoms with van der Waals surface area (Å²) in [5.41, 5.74) is 2.06. The maximum absolute atomic E-state index is 12.7. The quantitative estimate of drug-likeness (QED) is 0.403. The Hall–Kier alpha value is -3.75. The molecule has 3 aromatic rings. The fourth-order valence-electron chi connectivity index (χ4n) is 3.18. The van der Waals surface area contributed by atoms with Gasteiger partial charge in [0, 0.05) is 13.1 Å². The largest absolute Gasteiger partial charge is 0.497 e. The van der Waals surface area contributed by atoms with Crippen LogP contribution in [0, 0.1) is 0 Å². The average Bonchev–Trinajstić information content (AvgIpc) is 2.87. The summed E-state index contributed by atoms with van der Waals surface area (Å²) in [7, 11) is 6.18. The molecule has 0 spiro atoms. The first-order chi connectivity index (χ1) is 16.1. The lowest BCUT2D eigenvalue weighted by atomic mass is 10.1. The normalized spacial score (nSPS) is 10.5. The molecule has 0 N–H and O–H groups in total. The second kappa shape index (κ2) is 11.8. The number of alkyl halides is 1. The second-order valence-electron chi connectivity index (χ2n) is 6.96. The van der Waals surface area contributed by atoms with Gasteiger partial charge in [0.2, 0.25) is 11.7 Å². The van der Waals surface area contributed by atoms with Gasteiger partial charge in [-0.25, -0.2) is 4.39 Å². The van der Waals surface area contributed by atoms with Crippen molar-refractivity contribution in [3.8, 4) is 29.0 Å². The SMILES string of the molecule is COc1ccc(CN(Cc2ccc(OC)cc2)c2nc(OC)c(OCCF)c(OC)n2)cc1. The van der Waals surface area contributed by atoms with Gasteiger partial charge in [-0.1, -0.05) is 24.3 Å². The van der Waals surface area contributed by atoms with Gasteiger partial charge < -0.3 is 28.6 Å². The molecule has 0 aliphatic heterocycles. The van der Waals surface area contributed by atoms with Crippen LogP contribution in [0.2, 0.25) is 0 Å². The van der Waals surface area contributed by atoms with Gasteiger partial charge in [-0.05, 0) is 35.4 Å². The van der Waals surface area contributed by atoms with E-state index in [9.17, 15) is 4.39 Å². The minimum absolute atomic E-state index is 0.156. The highest BCUT2D eigenvalue weighted by molar-refractivity contribution is 5.49. The van der Waals surface area contributed by atoms with Crippen molar-refractivity contribution in [3.05, 3.63) is 59.7 Å². The Morgan fingerprint density at radius 1 is 0.697 bits per heavy atom. The van der Waals surface area contributed by atoms with E-state index < -0.39 is 6.67 Å². The van der Waals surface area contributed by atoms with Gasteiger partial charge in [0.15, 0.2) is 0 Å². The molecule has 0 amide bonds. The molecule has 9 heteroatoms. The average molecular weight is 458 g/mol. The predicted octanol–water partition coefficient (Wildman–Crippen LogP) is 4.07. The maximum atomic E-state index is 12.7. The Kier molecular flexibility index (Phi) is 8.51. The summed E-state index contributed by atoms with van der Waals surface area (Å²) in [4.78, 5) is 11.0. The third kappa shape index (κ3) is 6.15.